The number of nitrogens with zero attached hydrogens (tertiary/aromatic N) is 1. The summed E-state index contributed by atoms with van der Waals surface area (Å²) in [4.78, 5) is 16.2. The second kappa shape index (κ2) is 5.17. The van der Waals surface area contributed by atoms with Gasteiger partial charge in [0.2, 0.25) is 0 Å². The molecule has 3 aromatic rings. The van der Waals surface area contributed by atoms with Gasteiger partial charge in [0, 0.05) is 23.3 Å². The highest BCUT2D eigenvalue weighted by atomic mass is 16.5. The molecule has 2 aromatic heterocycles. The molecular formula is C16H13NO3. The first-order valence-corrected chi connectivity index (χ1v) is 6.40. The summed E-state index contributed by atoms with van der Waals surface area (Å²) in [5.74, 6) is 0.149. The maximum Gasteiger partial charge on any atom is 0.342 e. The molecule has 1 aromatic carbocycles. The third kappa shape index (κ3) is 2.05. The van der Waals surface area contributed by atoms with Gasteiger partial charge in [-0.2, -0.15) is 0 Å². The molecule has 20 heavy (non-hydrogen) atoms. The molecule has 0 aliphatic carbocycles. The highest BCUT2D eigenvalue weighted by Gasteiger charge is 2.22. The largest absolute Gasteiger partial charge is 0.462 e. The van der Waals surface area contributed by atoms with Crippen molar-refractivity contribution in [3.63, 3.8) is 0 Å². The van der Waals surface area contributed by atoms with Crippen LogP contribution in [0.4, 0.5) is 0 Å². The van der Waals surface area contributed by atoms with Crippen LogP contribution in [0.5, 0.6) is 0 Å². The van der Waals surface area contributed by atoms with E-state index in [1.807, 2.05) is 24.3 Å². The molecule has 0 radical (unpaired) electrons. The number of para-hydroxylation sites is 1. The molecule has 0 N–H and O–H groups in total. The quantitative estimate of drug-likeness (QED) is 0.679. The normalized spacial score (nSPS) is 10.7. The van der Waals surface area contributed by atoms with Crippen LogP contribution in [0.25, 0.3) is 22.3 Å². The third-order valence-corrected chi connectivity index (χ3v) is 3.02. The molecule has 4 nitrogen and oxygen atoms in total. The summed E-state index contributed by atoms with van der Waals surface area (Å²) in [5.41, 5.74) is 1.94. The van der Waals surface area contributed by atoms with Crippen molar-refractivity contribution in [3.8, 4) is 11.3 Å². The maximum absolute atomic E-state index is 12.2. The molecule has 0 spiro atoms. The first-order valence-electron chi connectivity index (χ1n) is 6.40. The number of benzene rings is 1. The zero-order valence-corrected chi connectivity index (χ0v) is 11.0. The van der Waals surface area contributed by atoms with Gasteiger partial charge in [0.1, 0.15) is 16.9 Å². The number of hydrogen-bond acceptors (Lipinski definition) is 4. The summed E-state index contributed by atoms with van der Waals surface area (Å²) < 4.78 is 11.0. The summed E-state index contributed by atoms with van der Waals surface area (Å²) in [6.45, 7) is 2.11. The number of aromatic nitrogens is 1. The molecule has 4 heteroatoms. The van der Waals surface area contributed by atoms with Gasteiger partial charge in [-0.15, -0.1) is 0 Å². The Hall–Kier alpha value is -2.62. The van der Waals surface area contributed by atoms with E-state index in [0.29, 0.717) is 23.5 Å². The minimum absolute atomic E-state index is 0.328. The van der Waals surface area contributed by atoms with E-state index in [2.05, 4.69) is 4.98 Å². The number of rotatable bonds is 3. The van der Waals surface area contributed by atoms with Crippen molar-refractivity contribution in [2.75, 3.05) is 6.61 Å². The third-order valence-electron chi connectivity index (χ3n) is 3.02. The Morgan fingerprint density at radius 1 is 1.20 bits per heavy atom. The van der Waals surface area contributed by atoms with Crippen LogP contribution in [0.2, 0.25) is 0 Å². The number of carbonyl (C=O) groups is 1. The summed E-state index contributed by atoms with van der Waals surface area (Å²) in [6.07, 6.45) is 3.33. The van der Waals surface area contributed by atoms with Crippen molar-refractivity contribution in [1.29, 1.82) is 0 Å². The topological polar surface area (TPSA) is 52.3 Å². The minimum atomic E-state index is -0.371. The van der Waals surface area contributed by atoms with Crippen LogP contribution in [0.15, 0.2) is 53.2 Å². The number of carbonyl (C=O) groups excluding carboxylic acids is 1. The van der Waals surface area contributed by atoms with Crippen LogP contribution in [0.1, 0.15) is 17.3 Å². The number of pyridine rings is 1. The van der Waals surface area contributed by atoms with Gasteiger partial charge in [0.05, 0.1) is 6.61 Å². The fraction of sp³-hybridized carbons (Fsp3) is 0.125. The van der Waals surface area contributed by atoms with Crippen LogP contribution in [-0.4, -0.2) is 17.6 Å². The molecule has 0 saturated heterocycles. The Morgan fingerprint density at radius 3 is 2.70 bits per heavy atom. The van der Waals surface area contributed by atoms with Gasteiger partial charge in [-0.3, -0.25) is 4.98 Å². The average Bonchev–Trinajstić information content (AvgIpc) is 2.88. The lowest BCUT2D eigenvalue weighted by Gasteiger charge is -2.03. The summed E-state index contributed by atoms with van der Waals surface area (Å²) in [7, 11) is 0. The standard InChI is InChI=1S/C16H13NO3/c1-2-19-16(18)14-12-5-3-4-6-13(12)20-15(14)11-7-9-17-10-8-11/h3-10H,2H2,1H3. The molecule has 0 saturated carbocycles. The van der Waals surface area contributed by atoms with E-state index in [-0.39, 0.29) is 5.97 Å². The second-order valence-electron chi connectivity index (χ2n) is 4.26. The Labute approximate surface area is 116 Å². The number of ether oxygens (including phenoxy) is 1. The van der Waals surface area contributed by atoms with E-state index in [1.54, 1.807) is 31.5 Å². The van der Waals surface area contributed by atoms with Crippen LogP contribution >= 0.6 is 0 Å². The van der Waals surface area contributed by atoms with E-state index in [0.717, 1.165) is 10.9 Å². The number of hydrogen-bond donors (Lipinski definition) is 0. The van der Waals surface area contributed by atoms with Crippen molar-refractivity contribution >= 4 is 16.9 Å². The monoisotopic (exact) mass is 267 g/mol. The molecule has 0 aliphatic rings. The van der Waals surface area contributed by atoms with E-state index in [4.69, 9.17) is 9.15 Å². The Bertz CT molecular complexity index is 747. The van der Waals surface area contributed by atoms with Crippen molar-refractivity contribution in [3.05, 3.63) is 54.4 Å². The number of furan rings is 1. The van der Waals surface area contributed by atoms with Crippen molar-refractivity contribution in [2.24, 2.45) is 0 Å². The van der Waals surface area contributed by atoms with E-state index < -0.39 is 0 Å². The fourth-order valence-electron chi connectivity index (χ4n) is 2.16. The second-order valence-corrected chi connectivity index (χ2v) is 4.26. The van der Waals surface area contributed by atoms with Gasteiger partial charge in [-0.25, -0.2) is 4.79 Å². The highest BCUT2D eigenvalue weighted by molar-refractivity contribution is 6.08. The average molecular weight is 267 g/mol. The Balaban J connectivity index is 2.25. The molecule has 0 unspecified atom stereocenters. The summed E-state index contributed by atoms with van der Waals surface area (Å²) in [5, 5.41) is 0.762. The van der Waals surface area contributed by atoms with E-state index >= 15 is 0 Å². The van der Waals surface area contributed by atoms with Crippen LogP contribution in [0.3, 0.4) is 0 Å². The van der Waals surface area contributed by atoms with Gasteiger partial charge in [-0.05, 0) is 25.1 Å². The van der Waals surface area contributed by atoms with Gasteiger partial charge >= 0.3 is 5.97 Å². The Kier molecular flexibility index (Phi) is 3.21. The van der Waals surface area contributed by atoms with Gasteiger partial charge < -0.3 is 9.15 Å². The summed E-state index contributed by atoms with van der Waals surface area (Å²) in [6, 6.07) is 11.0. The van der Waals surface area contributed by atoms with Gasteiger partial charge in [-0.1, -0.05) is 18.2 Å². The van der Waals surface area contributed by atoms with Crippen molar-refractivity contribution < 1.29 is 13.9 Å². The predicted molar refractivity (Wildman–Crippen MR) is 75.4 cm³/mol. The lowest BCUT2D eigenvalue weighted by molar-refractivity contribution is 0.0529. The molecule has 0 amide bonds. The molecule has 3 rings (SSSR count). The fourth-order valence-corrected chi connectivity index (χ4v) is 2.16. The minimum Gasteiger partial charge on any atom is -0.462 e. The Morgan fingerprint density at radius 2 is 1.95 bits per heavy atom. The van der Waals surface area contributed by atoms with E-state index in [1.165, 1.54) is 0 Å². The lowest BCUT2D eigenvalue weighted by atomic mass is 10.1. The van der Waals surface area contributed by atoms with Crippen LogP contribution < -0.4 is 0 Å². The van der Waals surface area contributed by atoms with E-state index in [9.17, 15) is 4.79 Å². The molecule has 0 aliphatic heterocycles. The molecular weight excluding hydrogens is 254 g/mol. The van der Waals surface area contributed by atoms with Crippen LogP contribution in [-0.2, 0) is 4.74 Å². The highest BCUT2D eigenvalue weighted by Crippen LogP contribution is 2.33. The number of esters is 1. The van der Waals surface area contributed by atoms with Crippen molar-refractivity contribution in [2.45, 2.75) is 6.92 Å². The molecule has 100 valence electrons. The smallest absolute Gasteiger partial charge is 0.342 e. The number of fused-ring (bicyclic) bond motifs is 1. The first kappa shape index (κ1) is 12.4. The zero-order valence-electron chi connectivity index (χ0n) is 11.0. The van der Waals surface area contributed by atoms with Gasteiger partial charge in [0.25, 0.3) is 0 Å². The molecule has 0 bridgehead atoms. The summed E-state index contributed by atoms with van der Waals surface area (Å²) >= 11 is 0. The molecule has 0 atom stereocenters. The molecule has 2 heterocycles. The first-order chi connectivity index (χ1) is 9.81. The van der Waals surface area contributed by atoms with Gasteiger partial charge in [0.15, 0.2) is 0 Å². The zero-order chi connectivity index (χ0) is 13.9. The van der Waals surface area contributed by atoms with Crippen molar-refractivity contribution in [1.82, 2.24) is 4.98 Å². The van der Waals surface area contributed by atoms with Crippen LogP contribution in [0, 0.1) is 0 Å². The predicted octanol–water partition coefficient (Wildman–Crippen LogP) is 3.67. The lowest BCUT2D eigenvalue weighted by Crippen LogP contribution is -2.05. The SMILES string of the molecule is CCOC(=O)c1c(-c2ccncc2)oc2ccccc12. The molecule has 0 fully saturated rings. The maximum atomic E-state index is 12.2.